The molecule has 2 aliphatic rings. The van der Waals surface area contributed by atoms with Crippen LogP contribution in [-0.4, -0.2) is 72.6 Å². The molecule has 31 heavy (non-hydrogen) atoms. The van der Waals surface area contributed by atoms with Gasteiger partial charge in [-0.3, -0.25) is 9.59 Å². The van der Waals surface area contributed by atoms with Gasteiger partial charge in [0.15, 0.2) is 5.11 Å². The highest BCUT2D eigenvalue weighted by Crippen LogP contribution is 2.24. The standard InChI is InChI=1S/C23H34N4O3S/c1-3-24-23(31)27-14-10-17(11-15-27)20(22(29)26-12-5-4-6-13-26)25-21(28)18-8-7-9-19(16-18)30-2/h7-9,16-17,20H,3-6,10-15H2,1-2H3,(H,24,31)(H,25,28). The Hall–Kier alpha value is -2.35. The number of benzene rings is 1. The minimum atomic E-state index is -0.522. The number of nitrogens with one attached hydrogen (secondary N) is 2. The largest absolute Gasteiger partial charge is 0.497 e. The molecule has 1 atom stereocenters. The van der Waals surface area contributed by atoms with E-state index in [1.54, 1.807) is 31.4 Å². The molecule has 0 saturated carbocycles. The lowest BCUT2D eigenvalue weighted by molar-refractivity contribution is -0.136. The molecular formula is C23H34N4O3S. The number of carbonyl (C=O) groups is 2. The summed E-state index contributed by atoms with van der Waals surface area (Å²) in [4.78, 5) is 30.6. The zero-order valence-corrected chi connectivity index (χ0v) is 19.4. The number of amides is 2. The fraction of sp³-hybridized carbons (Fsp3) is 0.609. The van der Waals surface area contributed by atoms with Gasteiger partial charge in [0.1, 0.15) is 11.8 Å². The molecule has 0 aromatic heterocycles. The Labute approximate surface area is 190 Å². The average Bonchev–Trinajstić information content (AvgIpc) is 2.83. The monoisotopic (exact) mass is 446 g/mol. The average molecular weight is 447 g/mol. The van der Waals surface area contributed by atoms with Crippen LogP contribution >= 0.6 is 12.2 Å². The molecule has 2 saturated heterocycles. The van der Waals surface area contributed by atoms with E-state index in [-0.39, 0.29) is 17.7 Å². The summed E-state index contributed by atoms with van der Waals surface area (Å²) in [5, 5.41) is 7.03. The van der Waals surface area contributed by atoms with Crippen molar-refractivity contribution < 1.29 is 14.3 Å². The third kappa shape index (κ3) is 6.09. The second-order valence-corrected chi connectivity index (χ2v) is 8.62. The minimum Gasteiger partial charge on any atom is -0.497 e. The van der Waals surface area contributed by atoms with Gasteiger partial charge in [-0.05, 0) is 75.4 Å². The topological polar surface area (TPSA) is 73.9 Å². The van der Waals surface area contributed by atoms with Gasteiger partial charge < -0.3 is 25.2 Å². The molecule has 8 heteroatoms. The Morgan fingerprint density at radius 1 is 1.13 bits per heavy atom. The van der Waals surface area contributed by atoms with Crippen molar-refractivity contribution in [3.8, 4) is 5.75 Å². The lowest BCUT2D eigenvalue weighted by Crippen LogP contribution is -2.56. The van der Waals surface area contributed by atoms with E-state index in [4.69, 9.17) is 17.0 Å². The van der Waals surface area contributed by atoms with Crippen LogP contribution in [0.1, 0.15) is 49.4 Å². The van der Waals surface area contributed by atoms with Gasteiger partial charge in [0, 0.05) is 38.3 Å². The Balaban J connectivity index is 1.72. The van der Waals surface area contributed by atoms with E-state index in [2.05, 4.69) is 15.5 Å². The number of piperidine rings is 2. The third-order valence-electron chi connectivity index (χ3n) is 6.18. The Bertz CT molecular complexity index is 774. The van der Waals surface area contributed by atoms with Crippen LogP contribution in [-0.2, 0) is 4.79 Å². The fourth-order valence-corrected chi connectivity index (χ4v) is 4.71. The predicted molar refractivity (Wildman–Crippen MR) is 125 cm³/mol. The molecule has 2 N–H and O–H groups in total. The van der Waals surface area contributed by atoms with Gasteiger partial charge in [0.2, 0.25) is 5.91 Å². The molecule has 3 rings (SSSR count). The van der Waals surface area contributed by atoms with Crippen molar-refractivity contribution in [1.82, 2.24) is 20.4 Å². The number of hydrogen-bond donors (Lipinski definition) is 2. The Morgan fingerprint density at radius 3 is 2.48 bits per heavy atom. The summed E-state index contributed by atoms with van der Waals surface area (Å²) in [6, 6.07) is 6.52. The van der Waals surface area contributed by atoms with Gasteiger partial charge in [-0.15, -0.1) is 0 Å². The second kappa shape index (κ2) is 11.3. The molecule has 170 valence electrons. The van der Waals surface area contributed by atoms with Gasteiger partial charge in [0.25, 0.3) is 5.91 Å². The number of methoxy groups -OCH3 is 1. The van der Waals surface area contributed by atoms with E-state index >= 15 is 0 Å². The molecule has 0 spiro atoms. The van der Waals surface area contributed by atoms with Gasteiger partial charge in [-0.1, -0.05) is 6.07 Å². The van der Waals surface area contributed by atoms with Crippen molar-refractivity contribution in [3.05, 3.63) is 29.8 Å². The minimum absolute atomic E-state index is 0.0451. The van der Waals surface area contributed by atoms with E-state index in [9.17, 15) is 9.59 Å². The maximum absolute atomic E-state index is 13.4. The molecule has 1 unspecified atom stereocenters. The molecule has 1 aromatic carbocycles. The first kappa shape index (κ1) is 23.3. The SMILES string of the molecule is CCNC(=S)N1CCC(C(NC(=O)c2cccc(OC)c2)C(=O)N2CCCCC2)CC1. The summed E-state index contributed by atoms with van der Waals surface area (Å²) >= 11 is 5.45. The van der Waals surface area contributed by atoms with Crippen LogP contribution in [0.25, 0.3) is 0 Å². The Kier molecular flexibility index (Phi) is 8.51. The van der Waals surface area contributed by atoms with Crippen molar-refractivity contribution in [2.45, 2.75) is 45.1 Å². The third-order valence-corrected chi connectivity index (χ3v) is 6.58. The van der Waals surface area contributed by atoms with E-state index in [1.807, 2.05) is 11.8 Å². The van der Waals surface area contributed by atoms with Crippen LogP contribution in [0, 0.1) is 5.92 Å². The highest BCUT2D eigenvalue weighted by atomic mass is 32.1. The van der Waals surface area contributed by atoms with Crippen molar-refractivity contribution in [2.24, 2.45) is 5.92 Å². The van der Waals surface area contributed by atoms with Crippen molar-refractivity contribution in [2.75, 3.05) is 39.8 Å². The summed E-state index contributed by atoms with van der Waals surface area (Å²) in [6.45, 7) is 5.94. The van der Waals surface area contributed by atoms with E-state index in [1.165, 1.54) is 0 Å². The van der Waals surface area contributed by atoms with Crippen molar-refractivity contribution >= 4 is 29.1 Å². The van der Waals surface area contributed by atoms with E-state index < -0.39 is 6.04 Å². The quantitative estimate of drug-likeness (QED) is 0.654. The number of carbonyl (C=O) groups excluding carboxylic acids is 2. The number of likely N-dealkylation sites (tertiary alicyclic amines) is 2. The lowest BCUT2D eigenvalue weighted by Gasteiger charge is -2.39. The van der Waals surface area contributed by atoms with Crippen LogP contribution < -0.4 is 15.4 Å². The molecule has 2 heterocycles. The second-order valence-electron chi connectivity index (χ2n) is 8.23. The van der Waals surface area contributed by atoms with Crippen LogP contribution in [0.2, 0.25) is 0 Å². The van der Waals surface area contributed by atoms with Crippen molar-refractivity contribution in [1.29, 1.82) is 0 Å². The highest BCUT2D eigenvalue weighted by molar-refractivity contribution is 7.80. The first-order valence-electron chi connectivity index (χ1n) is 11.3. The van der Waals surface area contributed by atoms with Gasteiger partial charge in [-0.2, -0.15) is 0 Å². The number of ether oxygens (including phenoxy) is 1. The molecule has 2 amide bonds. The zero-order chi connectivity index (χ0) is 22.2. The smallest absolute Gasteiger partial charge is 0.252 e. The maximum atomic E-state index is 13.4. The molecule has 2 fully saturated rings. The van der Waals surface area contributed by atoms with E-state index in [0.29, 0.717) is 11.3 Å². The number of hydrogen-bond acceptors (Lipinski definition) is 4. The van der Waals surface area contributed by atoms with E-state index in [0.717, 1.165) is 69.9 Å². The predicted octanol–water partition coefficient (Wildman–Crippen LogP) is 2.41. The summed E-state index contributed by atoms with van der Waals surface area (Å²) in [7, 11) is 1.57. The normalized spacial score (nSPS) is 18.3. The fourth-order valence-electron chi connectivity index (χ4n) is 4.38. The first-order valence-corrected chi connectivity index (χ1v) is 11.7. The maximum Gasteiger partial charge on any atom is 0.252 e. The van der Waals surface area contributed by atoms with Gasteiger partial charge >= 0.3 is 0 Å². The lowest BCUT2D eigenvalue weighted by atomic mass is 9.88. The van der Waals surface area contributed by atoms with Crippen LogP contribution in [0.4, 0.5) is 0 Å². The molecule has 2 aliphatic heterocycles. The number of thiocarbonyl (C=S) groups is 1. The summed E-state index contributed by atoms with van der Waals surface area (Å²) in [5.41, 5.74) is 0.501. The molecular weight excluding hydrogens is 412 g/mol. The van der Waals surface area contributed by atoms with Crippen LogP contribution in [0.15, 0.2) is 24.3 Å². The Morgan fingerprint density at radius 2 is 1.84 bits per heavy atom. The van der Waals surface area contributed by atoms with Gasteiger partial charge in [-0.25, -0.2) is 0 Å². The first-order chi connectivity index (χ1) is 15.0. The molecule has 7 nitrogen and oxygen atoms in total. The van der Waals surface area contributed by atoms with Crippen LogP contribution in [0.3, 0.4) is 0 Å². The summed E-state index contributed by atoms with van der Waals surface area (Å²) < 4.78 is 5.24. The summed E-state index contributed by atoms with van der Waals surface area (Å²) in [6.07, 6.45) is 4.84. The zero-order valence-electron chi connectivity index (χ0n) is 18.6. The van der Waals surface area contributed by atoms with Crippen molar-refractivity contribution in [3.63, 3.8) is 0 Å². The highest BCUT2D eigenvalue weighted by Gasteiger charge is 2.36. The molecule has 0 bridgehead atoms. The van der Waals surface area contributed by atoms with Gasteiger partial charge in [0.05, 0.1) is 7.11 Å². The molecule has 0 radical (unpaired) electrons. The molecule has 1 aromatic rings. The summed E-state index contributed by atoms with van der Waals surface area (Å²) in [5.74, 6) is 0.518. The number of rotatable bonds is 6. The molecule has 0 aliphatic carbocycles. The number of nitrogens with zero attached hydrogens (tertiary/aromatic N) is 2. The van der Waals surface area contributed by atoms with Crippen LogP contribution in [0.5, 0.6) is 5.75 Å².